The second kappa shape index (κ2) is 13.7. The van der Waals surface area contributed by atoms with Crippen LogP contribution in [-0.2, 0) is 17.9 Å². The van der Waals surface area contributed by atoms with Crippen LogP contribution >= 0.6 is 0 Å². The summed E-state index contributed by atoms with van der Waals surface area (Å²) in [6, 6.07) is 26.9. The number of hydrogen-bond donors (Lipinski definition) is 2. The van der Waals surface area contributed by atoms with Gasteiger partial charge in [0.1, 0.15) is 0 Å². The number of nitrogens with one attached hydrogen (secondary N) is 2. The van der Waals surface area contributed by atoms with Gasteiger partial charge in [-0.15, -0.1) is 0 Å². The van der Waals surface area contributed by atoms with Crippen molar-refractivity contribution >= 4 is 18.0 Å². The zero-order chi connectivity index (χ0) is 22.3. The molecule has 5 nitrogen and oxygen atoms in total. The van der Waals surface area contributed by atoms with Gasteiger partial charge in [-0.05, 0) is 48.5 Å². The number of para-hydroxylation sites is 1. The summed E-state index contributed by atoms with van der Waals surface area (Å²) in [6.07, 6.45) is 0.662. The van der Waals surface area contributed by atoms with Gasteiger partial charge in [0.2, 0.25) is 6.41 Å². The van der Waals surface area contributed by atoms with E-state index < -0.39 is 0 Å². The average Bonchev–Trinajstić information content (AvgIpc) is 2.83. The van der Waals surface area contributed by atoms with Crippen LogP contribution in [0.25, 0.3) is 0 Å². The second-order valence-electron chi connectivity index (χ2n) is 6.91. The molecule has 0 saturated carbocycles. The first-order valence-electron chi connectivity index (χ1n) is 10.6. The van der Waals surface area contributed by atoms with E-state index in [0.717, 1.165) is 25.3 Å². The van der Waals surface area contributed by atoms with E-state index in [0.29, 0.717) is 18.5 Å². The van der Waals surface area contributed by atoms with Crippen molar-refractivity contribution in [1.82, 2.24) is 10.2 Å². The highest BCUT2D eigenvalue weighted by Gasteiger charge is 2.08. The Labute approximate surface area is 185 Å². The lowest BCUT2D eigenvalue weighted by Crippen LogP contribution is -2.26. The summed E-state index contributed by atoms with van der Waals surface area (Å²) in [5.74, 6) is -0.0294. The average molecular weight is 418 g/mol. The van der Waals surface area contributed by atoms with E-state index in [1.165, 1.54) is 11.1 Å². The first kappa shape index (κ1) is 23.8. The largest absolute Gasteiger partial charge is 0.348 e. The fourth-order valence-corrected chi connectivity index (χ4v) is 3.04. The van der Waals surface area contributed by atoms with Crippen molar-refractivity contribution in [2.45, 2.75) is 26.9 Å². The van der Waals surface area contributed by atoms with E-state index in [2.05, 4.69) is 47.6 Å². The zero-order valence-corrected chi connectivity index (χ0v) is 18.3. The molecule has 0 aliphatic rings. The molecule has 0 unspecified atom stereocenters. The van der Waals surface area contributed by atoms with Crippen LogP contribution in [0, 0.1) is 0 Å². The molecule has 0 atom stereocenters. The summed E-state index contributed by atoms with van der Waals surface area (Å²) in [5.41, 5.74) is 3.98. The minimum Gasteiger partial charge on any atom is -0.348 e. The molecule has 0 aromatic heterocycles. The molecule has 0 spiro atoms. The highest BCUT2D eigenvalue weighted by atomic mass is 16.1. The van der Waals surface area contributed by atoms with E-state index in [-0.39, 0.29) is 5.91 Å². The van der Waals surface area contributed by atoms with Crippen molar-refractivity contribution in [3.8, 4) is 0 Å². The Bertz CT molecular complexity index is 910. The molecule has 0 heterocycles. The Kier molecular flexibility index (Phi) is 10.6. The number of nitrogens with zero attached hydrogens (tertiary/aromatic N) is 1. The van der Waals surface area contributed by atoms with Gasteiger partial charge in [0.25, 0.3) is 5.91 Å². The SMILES string of the molecule is CCN(CC)Cc1ccccc1CNC(=O)c1ccccc1.O=CNc1ccccc1. The molecule has 0 saturated heterocycles. The van der Waals surface area contributed by atoms with Gasteiger partial charge in [-0.2, -0.15) is 0 Å². The molecule has 3 aromatic carbocycles. The Morgan fingerprint density at radius 1 is 0.806 bits per heavy atom. The van der Waals surface area contributed by atoms with Crippen LogP contribution < -0.4 is 10.6 Å². The summed E-state index contributed by atoms with van der Waals surface area (Å²) in [6.45, 7) is 7.88. The Morgan fingerprint density at radius 3 is 1.94 bits per heavy atom. The van der Waals surface area contributed by atoms with Crippen LogP contribution in [0.2, 0.25) is 0 Å². The summed E-state index contributed by atoms with van der Waals surface area (Å²) in [4.78, 5) is 24.4. The summed E-state index contributed by atoms with van der Waals surface area (Å²) in [7, 11) is 0. The molecule has 0 bridgehead atoms. The molecule has 3 rings (SSSR count). The smallest absolute Gasteiger partial charge is 0.251 e. The lowest BCUT2D eigenvalue weighted by Gasteiger charge is -2.20. The maximum Gasteiger partial charge on any atom is 0.251 e. The third kappa shape index (κ3) is 8.44. The van der Waals surface area contributed by atoms with Crippen molar-refractivity contribution in [2.75, 3.05) is 18.4 Å². The van der Waals surface area contributed by atoms with Crippen LogP contribution in [0.3, 0.4) is 0 Å². The van der Waals surface area contributed by atoms with Crippen molar-refractivity contribution < 1.29 is 9.59 Å². The van der Waals surface area contributed by atoms with Crippen LogP contribution in [0.5, 0.6) is 0 Å². The molecule has 2 amide bonds. The molecule has 0 fully saturated rings. The van der Waals surface area contributed by atoms with Gasteiger partial charge in [0.15, 0.2) is 0 Å². The van der Waals surface area contributed by atoms with E-state index in [9.17, 15) is 9.59 Å². The predicted octanol–water partition coefficient (Wildman–Crippen LogP) is 4.71. The van der Waals surface area contributed by atoms with E-state index >= 15 is 0 Å². The van der Waals surface area contributed by atoms with Crippen LogP contribution in [0.15, 0.2) is 84.9 Å². The van der Waals surface area contributed by atoms with Gasteiger partial charge in [0, 0.05) is 24.3 Å². The van der Waals surface area contributed by atoms with Gasteiger partial charge >= 0.3 is 0 Å². The fourth-order valence-electron chi connectivity index (χ4n) is 3.04. The molecular weight excluding hydrogens is 386 g/mol. The quantitative estimate of drug-likeness (QED) is 0.496. The topological polar surface area (TPSA) is 61.4 Å². The van der Waals surface area contributed by atoms with Gasteiger partial charge in [0.05, 0.1) is 0 Å². The van der Waals surface area contributed by atoms with E-state index in [1.54, 1.807) is 0 Å². The number of hydrogen-bond acceptors (Lipinski definition) is 3. The van der Waals surface area contributed by atoms with Gasteiger partial charge in [-0.3, -0.25) is 14.5 Å². The molecular formula is C26H31N3O2. The van der Waals surface area contributed by atoms with Crippen LogP contribution in [-0.4, -0.2) is 30.3 Å². The minimum atomic E-state index is -0.0294. The molecule has 0 radical (unpaired) electrons. The third-order valence-electron chi connectivity index (χ3n) is 4.88. The number of benzene rings is 3. The van der Waals surface area contributed by atoms with Crippen LogP contribution in [0.4, 0.5) is 5.69 Å². The molecule has 0 aliphatic carbocycles. The zero-order valence-electron chi connectivity index (χ0n) is 18.3. The van der Waals surface area contributed by atoms with Crippen molar-refractivity contribution in [3.05, 3.63) is 102 Å². The molecule has 31 heavy (non-hydrogen) atoms. The fraction of sp³-hybridized carbons (Fsp3) is 0.231. The minimum absolute atomic E-state index is 0.0294. The van der Waals surface area contributed by atoms with Crippen molar-refractivity contribution in [2.24, 2.45) is 0 Å². The van der Waals surface area contributed by atoms with Crippen molar-refractivity contribution in [3.63, 3.8) is 0 Å². The standard InChI is InChI=1S/C19H24N2O.C7H7NO/c1-3-21(4-2)15-18-13-9-8-12-17(18)14-20-19(22)16-10-6-5-7-11-16;9-6-8-7-4-2-1-3-5-7/h5-13H,3-4,14-15H2,1-2H3,(H,20,22);1-6H,(H,8,9). The first-order valence-corrected chi connectivity index (χ1v) is 10.6. The van der Waals surface area contributed by atoms with Gasteiger partial charge in [-0.25, -0.2) is 0 Å². The number of anilines is 1. The normalized spacial score (nSPS) is 10.0. The molecule has 3 aromatic rings. The lowest BCUT2D eigenvalue weighted by atomic mass is 10.1. The highest BCUT2D eigenvalue weighted by molar-refractivity contribution is 5.94. The number of rotatable bonds is 9. The van der Waals surface area contributed by atoms with Gasteiger partial charge < -0.3 is 10.6 Å². The summed E-state index contributed by atoms with van der Waals surface area (Å²) in [5, 5.41) is 5.53. The number of amides is 2. The van der Waals surface area contributed by atoms with Crippen LogP contribution in [0.1, 0.15) is 35.3 Å². The Hall–Kier alpha value is -3.44. The number of carbonyl (C=O) groups excluding carboxylic acids is 2. The molecule has 2 N–H and O–H groups in total. The maximum absolute atomic E-state index is 12.1. The Morgan fingerprint density at radius 2 is 1.35 bits per heavy atom. The maximum atomic E-state index is 12.1. The van der Waals surface area contributed by atoms with Gasteiger partial charge in [-0.1, -0.05) is 74.5 Å². The van der Waals surface area contributed by atoms with E-state index in [1.807, 2.05) is 66.7 Å². The van der Waals surface area contributed by atoms with E-state index in [4.69, 9.17) is 0 Å². The van der Waals surface area contributed by atoms with Crippen molar-refractivity contribution in [1.29, 1.82) is 0 Å². The summed E-state index contributed by atoms with van der Waals surface area (Å²) < 4.78 is 0. The molecule has 5 heteroatoms. The lowest BCUT2D eigenvalue weighted by molar-refractivity contribution is -0.105. The monoisotopic (exact) mass is 417 g/mol. The molecule has 0 aliphatic heterocycles. The second-order valence-corrected chi connectivity index (χ2v) is 6.91. The first-order chi connectivity index (χ1) is 15.2. The molecule has 162 valence electrons. The third-order valence-corrected chi connectivity index (χ3v) is 4.88. The Balaban J connectivity index is 0.000000316. The summed E-state index contributed by atoms with van der Waals surface area (Å²) >= 11 is 0. The predicted molar refractivity (Wildman–Crippen MR) is 127 cm³/mol. The number of carbonyl (C=O) groups is 2. The highest BCUT2D eigenvalue weighted by Crippen LogP contribution is 2.12.